The van der Waals surface area contributed by atoms with Crippen molar-refractivity contribution in [3.05, 3.63) is 40.9 Å². The fourth-order valence-electron chi connectivity index (χ4n) is 1.44. The van der Waals surface area contributed by atoms with Crippen LogP contribution >= 0.6 is 11.3 Å². The van der Waals surface area contributed by atoms with Crippen LogP contribution in [0.5, 0.6) is 5.75 Å². The number of para-hydroxylation sites is 1. The summed E-state index contributed by atoms with van der Waals surface area (Å²) in [5, 5.41) is 14.2. The maximum atomic E-state index is 11.7. The highest BCUT2D eigenvalue weighted by Gasteiger charge is 2.12. The Labute approximate surface area is 119 Å². The first-order valence-electron chi connectivity index (χ1n) is 5.73. The largest absolute Gasteiger partial charge is 0.507 e. The number of nitrogens with one attached hydrogen (secondary N) is 1. The molecular weight excluding hydrogens is 280 g/mol. The smallest absolute Gasteiger partial charge is 0.342 e. The minimum absolute atomic E-state index is 0.0246. The molecule has 1 aromatic heterocycles. The van der Waals surface area contributed by atoms with E-state index in [9.17, 15) is 14.7 Å². The van der Waals surface area contributed by atoms with Crippen molar-refractivity contribution < 1.29 is 19.4 Å². The van der Waals surface area contributed by atoms with Crippen LogP contribution in [0.4, 0.5) is 5.13 Å². The first-order chi connectivity index (χ1) is 9.56. The van der Waals surface area contributed by atoms with Gasteiger partial charge in [0.25, 0.3) is 0 Å². The van der Waals surface area contributed by atoms with E-state index in [2.05, 4.69) is 10.3 Å². The quantitative estimate of drug-likeness (QED) is 0.843. The van der Waals surface area contributed by atoms with Crippen LogP contribution in [0.1, 0.15) is 23.0 Å². The number of phenols is 1. The third-order valence-electron chi connectivity index (χ3n) is 2.31. The van der Waals surface area contributed by atoms with E-state index in [-0.39, 0.29) is 23.8 Å². The number of aromatic hydroxyl groups is 1. The second-order valence-electron chi connectivity index (χ2n) is 3.92. The van der Waals surface area contributed by atoms with E-state index in [0.29, 0.717) is 10.8 Å². The topological polar surface area (TPSA) is 88.5 Å². The van der Waals surface area contributed by atoms with Gasteiger partial charge < -0.3 is 15.2 Å². The molecule has 2 aromatic rings. The Morgan fingerprint density at radius 1 is 1.40 bits per heavy atom. The summed E-state index contributed by atoms with van der Waals surface area (Å²) in [6.07, 6.45) is 0. The molecule has 0 atom stereocenters. The molecule has 104 valence electrons. The van der Waals surface area contributed by atoms with Gasteiger partial charge in [-0.1, -0.05) is 12.1 Å². The second-order valence-corrected chi connectivity index (χ2v) is 4.78. The van der Waals surface area contributed by atoms with Crippen LogP contribution in [-0.2, 0) is 16.1 Å². The van der Waals surface area contributed by atoms with E-state index < -0.39 is 5.97 Å². The molecular formula is C13H12N2O4S. The van der Waals surface area contributed by atoms with Crippen LogP contribution in [0.2, 0.25) is 0 Å². The molecule has 0 unspecified atom stereocenters. The van der Waals surface area contributed by atoms with Gasteiger partial charge in [0, 0.05) is 12.3 Å². The van der Waals surface area contributed by atoms with Crippen molar-refractivity contribution in [3.63, 3.8) is 0 Å². The minimum Gasteiger partial charge on any atom is -0.507 e. The molecule has 0 saturated heterocycles. The standard InChI is InChI=1S/C13H12N2O4S/c1-8(16)14-13-15-9(7-20-13)6-19-12(18)10-4-2-3-5-11(10)17/h2-5,7,17H,6H2,1H3,(H,14,15,16). The molecule has 2 rings (SSSR count). The molecule has 1 amide bonds. The average Bonchev–Trinajstić information content (AvgIpc) is 2.83. The van der Waals surface area contributed by atoms with Crippen molar-refractivity contribution in [3.8, 4) is 5.75 Å². The second kappa shape index (κ2) is 6.16. The van der Waals surface area contributed by atoms with Gasteiger partial charge in [0.1, 0.15) is 17.9 Å². The molecule has 0 bridgehead atoms. The number of amides is 1. The highest BCUT2D eigenvalue weighted by Crippen LogP contribution is 2.19. The number of anilines is 1. The number of nitrogens with zero attached hydrogens (tertiary/aromatic N) is 1. The summed E-state index contributed by atoms with van der Waals surface area (Å²) in [5.41, 5.74) is 0.632. The molecule has 0 radical (unpaired) electrons. The number of hydrogen-bond donors (Lipinski definition) is 2. The maximum Gasteiger partial charge on any atom is 0.342 e. The van der Waals surface area contributed by atoms with E-state index in [1.807, 2.05) is 0 Å². The SMILES string of the molecule is CC(=O)Nc1nc(COC(=O)c2ccccc2O)cs1. The van der Waals surface area contributed by atoms with E-state index in [0.717, 1.165) is 0 Å². The molecule has 0 aliphatic heterocycles. The van der Waals surface area contributed by atoms with Crippen molar-refractivity contribution in [2.24, 2.45) is 0 Å². The lowest BCUT2D eigenvalue weighted by Crippen LogP contribution is -2.07. The zero-order valence-electron chi connectivity index (χ0n) is 10.6. The van der Waals surface area contributed by atoms with Crippen LogP contribution < -0.4 is 5.32 Å². The normalized spacial score (nSPS) is 10.1. The van der Waals surface area contributed by atoms with Crippen LogP contribution in [0, 0.1) is 0 Å². The van der Waals surface area contributed by atoms with E-state index >= 15 is 0 Å². The molecule has 0 saturated carbocycles. The number of thiazole rings is 1. The Hall–Kier alpha value is -2.41. The number of carbonyl (C=O) groups excluding carboxylic acids is 2. The molecule has 7 heteroatoms. The lowest BCUT2D eigenvalue weighted by Gasteiger charge is -2.04. The predicted octanol–water partition coefficient (Wildman–Crippen LogP) is 2.16. The summed E-state index contributed by atoms with van der Waals surface area (Å²) < 4.78 is 5.05. The van der Waals surface area contributed by atoms with Crippen molar-refractivity contribution in [1.29, 1.82) is 0 Å². The van der Waals surface area contributed by atoms with E-state index in [1.165, 1.54) is 30.4 Å². The fraction of sp³-hybridized carbons (Fsp3) is 0.154. The molecule has 20 heavy (non-hydrogen) atoms. The van der Waals surface area contributed by atoms with Crippen molar-refractivity contribution in [2.45, 2.75) is 13.5 Å². The van der Waals surface area contributed by atoms with Crippen molar-refractivity contribution >= 4 is 28.3 Å². The Kier molecular flexibility index (Phi) is 4.31. The van der Waals surface area contributed by atoms with E-state index in [4.69, 9.17) is 4.74 Å². The van der Waals surface area contributed by atoms with Gasteiger partial charge in [0.15, 0.2) is 5.13 Å². The lowest BCUT2D eigenvalue weighted by molar-refractivity contribution is -0.114. The van der Waals surface area contributed by atoms with Crippen LogP contribution in [0.3, 0.4) is 0 Å². The van der Waals surface area contributed by atoms with Gasteiger partial charge in [-0.05, 0) is 12.1 Å². The van der Waals surface area contributed by atoms with Gasteiger partial charge in [-0.2, -0.15) is 0 Å². The molecule has 2 N–H and O–H groups in total. The summed E-state index contributed by atoms with van der Waals surface area (Å²) in [5.74, 6) is -0.969. The number of phenolic OH excluding ortho intramolecular Hbond substituents is 1. The Bertz CT molecular complexity index is 639. The van der Waals surface area contributed by atoms with Crippen LogP contribution in [0.15, 0.2) is 29.6 Å². The van der Waals surface area contributed by atoms with Gasteiger partial charge in [-0.25, -0.2) is 9.78 Å². The van der Waals surface area contributed by atoms with Gasteiger partial charge in [0.05, 0.1) is 5.69 Å². The summed E-state index contributed by atoms with van der Waals surface area (Å²) in [4.78, 5) is 26.7. The zero-order chi connectivity index (χ0) is 14.5. The van der Waals surface area contributed by atoms with Gasteiger partial charge in [-0.3, -0.25) is 4.79 Å². The average molecular weight is 292 g/mol. The molecule has 0 aliphatic rings. The Balaban J connectivity index is 1.95. The fourth-order valence-corrected chi connectivity index (χ4v) is 2.19. The third kappa shape index (κ3) is 3.55. The van der Waals surface area contributed by atoms with Gasteiger partial charge >= 0.3 is 5.97 Å². The molecule has 1 aromatic carbocycles. The molecule has 1 heterocycles. The number of benzene rings is 1. The summed E-state index contributed by atoms with van der Waals surface area (Å²) in [7, 11) is 0. The van der Waals surface area contributed by atoms with Crippen molar-refractivity contribution in [1.82, 2.24) is 4.98 Å². The van der Waals surface area contributed by atoms with Gasteiger partial charge in [0.2, 0.25) is 5.91 Å². The molecule has 0 fully saturated rings. The maximum absolute atomic E-state index is 11.7. The number of ether oxygens (including phenoxy) is 1. The molecule has 0 aliphatic carbocycles. The summed E-state index contributed by atoms with van der Waals surface area (Å²) >= 11 is 1.24. The molecule has 6 nitrogen and oxygen atoms in total. The number of rotatable bonds is 4. The number of esters is 1. The number of aromatic nitrogens is 1. The third-order valence-corrected chi connectivity index (χ3v) is 3.12. The highest BCUT2D eigenvalue weighted by molar-refractivity contribution is 7.13. The first-order valence-corrected chi connectivity index (χ1v) is 6.61. The summed E-state index contributed by atoms with van der Waals surface area (Å²) in [6, 6.07) is 6.13. The highest BCUT2D eigenvalue weighted by atomic mass is 32.1. The van der Waals surface area contributed by atoms with Crippen LogP contribution in [0.25, 0.3) is 0 Å². The summed E-state index contributed by atoms with van der Waals surface area (Å²) in [6.45, 7) is 1.36. The van der Waals surface area contributed by atoms with Crippen molar-refractivity contribution in [2.75, 3.05) is 5.32 Å². The van der Waals surface area contributed by atoms with Crippen LogP contribution in [-0.4, -0.2) is 22.0 Å². The number of hydrogen-bond acceptors (Lipinski definition) is 6. The minimum atomic E-state index is -0.628. The number of carbonyl (C=O) groups is 2. The predicted molar refractivity (Wildman–Crippen MR) is 73.6 cm³/mol. The van der Waals surface area contributed by atoms with E-state index in [1.54, 1.807) is 17.5 Å². The van der Waals surface area contributed by atoms with Gasteiger partial charge in [-0.15, -0.1) is 11.3 Å². The molecule has 0 spiro atoms. The zero-order valence-corrected chi connectivity index (χ0v) is 11.4. The monoisotopic (exact) mass is 292 g/mol. The lowest BCUT2D eigenvalue weighted by atomic mass is 10.2. The Morgan fingerprint density at radius 2 is 2.15 bits per heavy atom. The Morgan fingerprint density at radius 3 is 2.85 bits per heavy atom. The first kappa shape index (κ1) is 14.0.